The number of fused-ring (bicyclic) bond motifs is 1. The summed E-state index contributed by atoms with van der Waals surface area (Å²) < 4.78 is 2.09. The number of aromatic nitrogens is 3. The zero-order valence-electron chi connectivity index (χ0n) is 12.2. The number of hydrogen-bond acceptors (Lipinski definition) is 4. The number of halogens is 1. The van der Waals surface area contributed by atoms with Crippen LogP contribution in [0.5, 0.6) is 0 Å². The van der Waals surface area contributed by atoms with Crippen molar-refractivity contribution in [3.8, 4) is 0 Å². The molecule has 5 nitrogen and oxygen atoms in total. The second kappa shape index (κ2) is 6.03. The highest BCUT2D eigenvalue weighted by atomic mass is 35.5. The van der Waals surface area contributed by atoms with Gasteiger partial charge in [0, 0.05) is 19.1 Å². The second-order valence-electron chi connectivity index (χ2n) is 5.48. The maximum atomic E-state index is 6.47. The molecule has 0 radical (unpaired) electrons. The van der Waals surface area contributed by atoms with Gasteiger partial charge in [-0.3, -0.25) is 0 Å². The first-order valence-corrected chi connectivity index (χ1v) is 7.71. The number of para-hydroxylation sites is 1. The molecule has 3 rings (SSSR count). The van der Waals surface area contributed by atoms with Crippen LogP contribution in [0.15, 0.2) is 24.5 Å². The molecule has 2 heterocycles. The Hall–Kier alpha value is -1.59. The summed E-state index contributed by atoms with van der Waals surface area (Å²) in [7, 11) is 0. The van der Waals surface area contributed by atoms with Gasteiger partial charge in [0.05, 0.1) is 17.3 Å². The first-order chi connectivity index (χ1) is 10.2. The molecule has 1 unspecified atom stereocenters. The molecule has 1 aliphatic rings. The van der Waals surface area contributed by atoms with Crippen molar-refractivity contribution in [3.05, 3.63) is 40.9 Å². The van der Waals surface area contributed by atoms with Crippen LogP contribution in [-0.4, -0.2) is 27.4 Å². The molecule has 1 aromatic carbocycles. The van der Waals surface area contributed by atoms with E-state index in [-0.39, 0.29) is 6.04 Å². The van der Waals surface area contributed by atoms with Crippen molar-refractivity contribution < 1.29 is 0 Å². The molecule has 6 heteroatoms. The molecule has 2 aromatic rings. The van der Waals surface area contributed by atoms with Crippen LogP contribution in [0.4, 0.5) is 5.69 Å². The Morgan fingerprint density at radius 3 is 3.05 bits per heavy atom. The Bertz CT molecular complexity index is 624. The van der Waals surface area contributed by atoms with Gasteiger partial charge in [-0.2, -0.15) is 0 Å². The molecule has 1 aliphatic heterocycles. The molecule has 0 fully saturated rings. The van der Waals surface area contributed by atoms with Crippen molar-refractivity contribution in [2.75, 3.05) is 11.4 Å². The number of benzene rings is 1. The summed E-state index contributed by atoms with van der Waals surface area (Å²) in [6.45, 7) is 4.63. The summed E-state index contributed by atoms with van der Waals surface area (Å²) in [5.74, 6) is 0.979. The van der Waals surface area contributed by atoms with E-state index in [0.717, 1.165) is 49.0 Å². The van der Waals surface area contributed by atoms with E-state index in [1.165, 1.54) is 5.56 Å². The van der Waals surface area contributed by atoms with Crippen molar-refractivity contribution >= 4 is 17.3 Å². The number of rotatable bonds is 4. The van der Waals surface area contributed by atoms with Gasteiger partial charge in [-0.15, -0.1) is 10.2 Å². The number of nitrogens with two attached hydrogens (primary N) is 1. The number of nitrogens with zero attached hydrogens (tertiary/aromatic N) is 4. The number of anilines is 1. The Kier molecular flexibility index (Phi) is 4.12. The molecule has 0 aliphatic carbocycles. The zero-order valence-corrected chi connectivity index (χ0v) is 12.9. The van der Waals surface area contributed by atoms with Crippen LogP contribution in [0.3, 0.4) is 0 Å². The molecule has 2 N–H and O–H groups in total. The normalized spacial score (nSPS) is 15.9. The third-order valence-electron chi connectivity index (χ3n) is 4.03. The third kappa shape index (κ3) is 2.89. The lowest BCUT2D eigenvalue weighted by Crippen LogP contribution is -2.35. The van der Waals surface area contributed by atoms with E-state index in [0.29, 0.717) is 0 Å². The maximum absolute atomic E-state index is 6.47. The smallest absolute Gasteiger partial charge is 0.152 e. The van der Waals surface area contributed by atoms with Crippen molar-refractivity contribution in [2.45, 2.75) is 38.9 Å². The van der Waals surface area contributed by atoms with Crippen molar-refractivity contribution in [2.24, 2.45) is 5.73 Å². The Morgan fingerprint density at radius 2 is 2.24 bits per heavy atom. The van der Waals surface area contributed by atoms with Gasteiger partial charge in [-0.1, -0.05) is 30.7 Å². The van der Waals surface area contributed by atoms with E-state index < -0.39 is 0 Å². The Balaban J connectivity index is 1.91. The zero-order chi connectivity index (χ0) is 14.8. The molecule has 1 atom stereocenters. The monoisotopic (exact) mass is 305 g/mol. The highest BCUT2D eigenvalue weighted by Crippen LogP contribution is 2.33. The van der Waals surface area contributed by atoms with E-state index in [4.69, 9.17) is 17.3 Å². The summed E-state index contributed by atoms with van der Waals surface area (Å²) in [5, 5.41) is 8.93. The van der Waals surface area contributed by atoms with Crippen molar-refractivity contribution in [1.29, 1.82) is 0 Å². The third-order valence-corrected chi connectivity index (χ3v) is 4.34. The highest BCUT2D eigenvalue weighted by molar-refractivity contribution is 6.33. The van der Waals surface area contributed by atoms with E-state index in [2.05, 4.69) is 32.7 Å². The second-order valence-corrected chi connectivity index (χ2v) is 5.89. The first-order valence-electron chi connectivity index (χ1n) is 7.33. The van der Waals surface area contributed by atoms with Gasteiger partial charge in [0.15, 0.2) is 5.82 Å². The fourth-order valence-electron chi connectivity index (χ4n) is 2.76. The van der Waals surface area contributed by atoms with Gasteiger partial charge in [0.1, 0.15) is 6.33 Å². The minimum atomic E-state index is 0.163. The first kappa shape index (κ1) is 14.4. The molecular weight excluding hydrogens is 286 g/mol. The molecule has 1 aromatic heterocycles. The average Bonchev–Trinajstić information content (AvgIpc) is 2.94. The van der Waals surface area contributed by atoms with E-state index in [9.17, 15) is 0 Å². The molecule has 0 bridgehead atoms. The van der Waals surface area contributed by atoms with Gasteiger partial charge < -0.3 is 15.2 Å². The van der Waals surface area contributed by atoms with Crippen molar-refractivity contribution in [1.82, 2.24) is 14.8 Å². The maximum Gasteiger partial charge on any atom is 0.152 e. The van der Waals surface area contributed by atoms with E-state index in [1.807, 2.05) is 12.1 Å². The van der Waals surface area contributed by atoms with E-state index >= 15 is 0 Å². The van der Waals surface area contributed by atoms with Crippen molar-refractivity contribution in [3.63, 3.8) is 0 Å². The van der Waals surface area contributed by atoms with Gasteiger partial charge in [0.25, 0.3) is 0 Å². The molecule has 0 spiro atoms. The Labute approximate surface area is 129 Å². The van der Waals surface area contributed by atoms with Crippen LogP contribution in [0.1, 0.15) is 24.7 Å². The molecule has 0 amide bonds. The molecular formula is C15H20ClN5. The van der Waals surface area contributed by atoms with Crippen LogP contribution >= 0.6 is 11.6 Å². The minimum absolute atomic E-state index is 0.163. The quantitative estimate of drug-likeness (QED) is 0.941. The summed E-state index contributed by atoms with van der Waals surface area (Å²) in [6.07, 6.45) is 3.59. The Morgan fingerprint density at radius 1 is 1.38 bits per heavy atom. The lowest BCUT2D eigenvalue weighted by molar-refractivity contribution is 0.557. The SMILES string of the molecule is CCC(N)Cc1cccc(Cl)c1N1CCn2cnnc2C1. The lowest BCUT2D eigenvalue weighted by Gasteiger charge is -2.32. The van der Waals surface area contributed by atoms with Crippen LogP contribution in [0.2, 0.25) is 5.02 Å². The molecule has 21 heavy (non-hydrogen) atoms. The summed E-state index contributed by atoms with van der Waals surface area (Å²) >= 11 is 6.47. The highest BCUT2D eigenvalue weighted by Gasteiger charge is 2.22. The lowest BCUT2D eigenvalue weighted by atomic mass is 10.0. The summed E-state index contributed by atoms with van der Waals surface area (Å²) in [4.78, 5) is 2.28. The minimum Gasteiger partial charge on any atom is -0.361 e. The van der Waals surface area contributed by atoms with Crippen LogP contribution in [-0.2, 0) is 19.5 Å². The fraction of sp³-hybridized carbons (Fsp3) is 0.467. The van der Waals surface area contributed by atoms with Gasteiger partial charge in [0.2, 0.25) is 0 Å². The molecule has 112 valence electrons. The van der Waals surface area contributed by atoms with E-state index in [1.54, 1.807) is 6.33 Å². The summed E-state index contributed by atoms with van der Waals surface area (Å²) in [6, 6.07) is 6.22. The van der Waals surface area contributed by atoms with Crippen LogP contribution < -0.4 is 10.6 Å². The largest absolute Gasteiger partial charge is 0.361 e. The fourth-order valence-corrected chi connectivity index (χ4v) is 3.08. The topological polar surface area (TPSA) is 60.0 Å². The van der Waals surface area contributed by atoms with Crippen LogP contribution in [0, 0.1) is 0 Å². The van der Waals surface area contributed by atoms with Gasteiger partial charge >= 0.3 is 0 Å². The van der Waals surface area contributed by atoms with Crippen LogP contribution in [0.25, 0.3) is 0 Å². The molecule has 0 saturated heterocycles. The van der Waals surface area contributed by atoms with Gasteiger partial charge in [-0.05, 0) is 24.5 Å². The predicted octanol–water partition coefficient (Wildman–Crippen LogP) is 2.23. The molecule has 0 saturated carbocycles. The standard InChI is InChI=1S/C15H20ClN5/c1-2-12(17)8-11-4-3-5-13(16)15(11)20-6-7-21-10-18-19-14(21)9-20/h3-5,10,12H,2,6-9,17H2,1H3. The number of hydrogen-bond donors (Lipinski definition) is 1. The average molecular weight is 306 g/mol. The predicted molar refractivity (Wildman–Crippen MR) is 84.5 cm³/mol. The summed E-state index contributed by atoms with van der Waals surface area (Å²) in [5.41, 5.74) is 8.43. The van der Waals surface area contributed by atoms with Gasteiger partial charge in [-0.25, -0.2) is 0 Å².